The van der Waals surface area contributed by atoms with Gasteiger partial charge in [0.25, 0.3) is 0 Å². The minimum atomic E-state index is 1.07. The van der Waals surface area contributed by atoms with Gasteiger partial charge in [-0.3, -0.25) is 4.98 Å². The summed E-state index contributed by atoms with van der Waals surface area (Å²) in [5.74, 6) is 0. The first-order valence-electron chi connectivity index (χ1n) is 11.2. The molecule has 2 heteroatoms. The third-order valence-corrected chi connectivity index (χ3v) is 6.04. The van der Waals surface area contributed by atoms with Gasteiger partial charge < -0.3 is 4.90 Å². The monoisotopic (exact) mass is 400 g/mol. The van der Waals surface area contributed by atoms with E-state index in [-0.39, 0.29) is 0 Å². The fourth-order valence-corrected chi connectivity index (χ4v) is 4.40. The zero-order valence-corrected chi connectivity index (χ0v) is 19.3. The molecule has 1 saturated heterocycles. The molecule has 4 rings (SSSR count). The maximum atomic E-state index is 4.81. The van der Waals surface area contributed by atoms with E-state index in [1.807, 2.05) is 26.1 Å². The third kappa shape index (κ3) is 5.37. The van der Waals surface area contributed by atoms with Crippen LogP contribution in [0.1, 0.15) is 61.6 Å². The second-order valence-electron chi connectivity index (χ2n) is 8.52. The zero-order valence-electron chi connectivity index (χ0n) is 19.3. The molecule has 0 unspecified atom stereocenters. The molecule has 1 aliphatic heterocycles. The van der Waals surface area contributed by atoms with Crippen molar-refractivity contribution < 1.29 is 0 Å². The molecule has 0 spiro atoms. The van der Waals surface area contributed by atoms with Crippen molar-refractivity contribution in [1.82, 2.24) is 9.88 Å². The predicted octanol–water partition coefficient (Wildman–Crippen LogP) is 6.54. The van der Waals surface area contributed by atoms with Crippen LogP contribution in [0.25, 0.3) is 5.57 Å². The van der Waals surface area contributed by atoms with Crippen LogP contribution in [0.4, 0.5) is 0 Å². The van der Waals surface area contributed by atoms with Crippen LogP contribution in [-0.2, 0) is 12.8 Å². The van der Waals surface area contributed by atoms with E-state index >= 15 is 0 Å². The SMILES string of the molecule is C/C=C\C(C)=C/C.Cc1ccc2c(c1)CCc1cccnc1/C2=C1\CCCN(C)C1. The average Bonchev–Trinajstić information content (AvgIpc) is 2.91. The molecule has 0 radical (unpaired) electrons. The average molecular weight is 401 g/mol. The second-order valence-corrected chi connectivity index (χ2v) is 8.52. The Bertz CT molecular complexity index is 962. The molecule has 2 aromatic rings. The smallest absolute Gasteiger partial charge is 0.0740 e. The summed E-state index contributed by atoms with van der Waals surface area (Å²) in [4.78, 5) is 7.24. The third-order valence-electron chi connectivity index (χ3n) is 6.04. The van der Waals surface area contributed by atoms with E-state index in [2.05, 4.69) is 68.3 Å². The van der Waals surface area contributed by atoms with Crippen LogP contribution in [0, 0.1) is 6.92 Å². The summed E-state index contributed by atoms with van der Waals surface area (Å²) in [5, 5.41) is 0. The Morgan fingerprint density at radius 2 is 1.87 bits per heavy atom. The highest BCUT2D eigenvalue weighted by Crippen LogP contribution is 2.37. The fourth-order valence-electron chi connectivity index (χ4n) is 4.40. The normalized spacial score (nSPS) is 19.6. The number of pyridine rings is 1. The summed E-state index contributed by atoms with van der Waals surface area (Å²) >= 11 is 0. The molecule has 0 atom stereocenters. The molecule has 0 bridgehead atoms. The molecule has 0 saturated carbocycles. The summed E-state index contributed by atoms with van der Waals surface area (Å²) in [6, 6.07) is 11.3. The van der Waals surface area contributed by atoms with Gasteiger partial charge in [0, 0.05) is 18.3 Å². The molecule has 2 nitrogen and oxygen atoms in total. The number of likely N-dealkylation sites (tertiary alicyclic amines) is 1. The lowest BCUT2D eigenvalue weighted by Gasteiger charge is -2.27. The summed E-state index contributed by atoms with van der Waals surface area (Å²) in [6.07, 6.45) is 12.8. The van der Waals surface area contributed by atoms with Crippen LogP contribution in [0.5, 0.6) is 0 Å². The number of piperidine rings is 1. The number of aromatic nitrogens is 1. The van der Waals surface area contributed by atoms with Gasteiger partial charge in [-0.1, -0.05) is 53.6 Å². The van der Waals surface area contributed by atoms with Crippen molar-refractivity contribution in [3.05, 3.63) is 93.9 Å². The summed E-state index contributed by atoms with van der Waals surface area (Å²) < 4.78 is 0. The molecule has 158 valence electrons. The molecule has 2 aliphatic rings. The lowest BCUT2D eigenvalue weighted by atomic mass is 9.89. The number of aryl methyl sites for hydroxylation is 3. The number of nitrogens with zero attached hydrogens (tertiary/aromatic N) is 2. The Balaban J connectivity index is 0.000000318. The summed E-state index contributed by atoms with van der Waals surface area (Å²) in [6.45, 7) is 10.6. The Kier molecular flexibility index (Phi) is 7.81. The minimum absolute atomic E-state index is 1.07. The van der Waals surface area contributed by atoms with Crippen LogP contribution < -0.4 is 0 Å². The number of fused-ring (bicyclic) bond motifs is 2. The Morgan fingerprint density at radius 1 is 1.07 bits per heavy atom. The fraction of sp³-hybridized carbons (Fsp3) is 0.393. The van der Waals surface area contributed by atoms with Crippen molar-refractivity contribution in [3.63, 3.8) is 0 Å². The molecule has 0 N–H and O–H groups in total. The number of benzene rings is 1. The highest BCUT2D eigenvalue weighted by atomic mass is 15.1. The van der Waals surface area contributed by atoms with Crippen LogP contribution in [0.15, 0.2) is 65.9 Å². The molecule has 1 fully saturated rings. The van der Waals surface area contributed by atoms with Crippen LogP contribution in [0.3, 0.4) is 0 Å². The van der Waals surface area contributed by atoms with Gasteiger partial charge >= 0.3 is 0 Å². The largest absolute Gasteiger partial charge is 0.302 e. The first-order valence-corrected chi connectivity index (χ1v) is 11.2. The van der Waals surface area contributed by atoms with Crippen molar-refractivity contribution >= 4 is 5.57 Å². The van der Waals surface area contributed by atoms with Crippen molar-refractivity contribution in [2.24, 2.45) is 0 Å². The molecule has 1 aromatic heterocycles. The van der Waals surface area contributed by atoms with Gasteiger partial charge in [0.2, 0.25) is 0 Å². The molecule has 30 heavy (non-hydrogen) atoms. The Morgan fingerprint density at radius 3 is 2.57 bits per heavy atom. The quantitative estimate of drug-likeness (QED) is 0.505. The van der Waals surface area contributed by atoms with Crippen molar-refractivity contribution in [2.45, 2.75) is 53.4 Å². The maximum Gasteiger partial charge on any atom is 0.0740 e. The van der Waals surface area contributed by atoms with Crippen molar-refractivity contribution in [2.75, 3.05) is 20.1 Å². The highest BCUT2D eigenvalue weighted by molar-refractivity contribution is 5.84. The van der Waals surface area contributed by atoms with E-state index in [0.717, 1.165) is 19.4 Å². The van der Waals surface area contributed by atoms with E-state index in [9.17, 15) is 0 Å². The van der Waals surface area contributed by atoms with Crippen molar-refractivity contribution in [1.29, 1.82) is 0 Å². The Hall–Kier alpha value is -2.45. The van der Waals surface area contributed by atoms with Gasteiger partial charge in [-0.25, -0.2) is 0 Å². The van der Waals surface area contributed by atoms with Gasteiger partial charge in [0.05, 0.1) is 5.69 Å². The number of hydrogen-bond donors (Lipinski definition) is 0. The van der Waals surface area contributed by atoms with Gasteiger partial charge in [-0.05, 0) is 95.3 Å². The summed E-state index contributed by atoms with van der Waals surface area (Å²) in [5.41, 5.74) is 11.2. The first kappa shape index (κ1) is 22.2. The lowest BCUT2D eigenvalue weighted by Crippen LogP contribution is -2.28. The van der Waals surface area contributed by atoms with E-state index in [1.165, 1.54) is 58.5 Å². The molecular weight excluding hydrogens is 364 g/mol. The highest BCUT2D eigenvalue weighted by Gasteiger charge is 2.24. The van der Waals surface area contributed by atoms with Crippen LogP contribution in [0.2, 0.25) is 0 Å². The Labute approximate surface area is 183 Å². The molecule has 2 heterocycles. The molecular formula is C28H36N2. The topological polar surface area (TPSA) is 16.1 Å². The number of likely N-dealkylation sites (N-methyl/N-ethyl adjacent to an activating group) is 1. The predicted molar refractivity (Wildman–Crippen MR) is 130 cm³/mol. The van der Waals surface area contributed by atoms with Crippen molar-refractivity contribution in [3.8, 4) is 0 Å². The van der Waals surface area contributed by atoms with Gasteiger partial charge in [0.15, 0.2) is 0 Å². The number of allylic oxidation sites excluding steroid dienone is 4. The molecule has 1 aliphatic carbocycles. The van der Waals surface area contributed by atoms with E-state index < -0.39 is 0 Å². The number of rotatable bonds is 1. The van der Waals surface area contributed by atoms with E-state index in [4.69, 9.17) is 4.98 Å². The zero-order chi connectivity index (χ0) is 21.5. The molecule has 1 aromatic carbocycles. The second kappa shape index (κ2) is 10.5. The van der Waals surface area contributed by atoms with Crippen LogP contribution >= 0.6 is 0 Å². The minimum Gasteiger partial charge on any atom is -0.302 e. The number of hydrogen-bond acceptors (Lipinski definition) is 2. The summed E-state index contributed by atoms with van der Waals surface area (Å²) in [7, 11) is 2.23. The standard InChI is InChI=1S/C21H24N2.C7H12/c1-15-7-10-19-17(13-15)9-8-16-5-3-11-22-21(16)20(19)18-6-4-12-23(2)14-18;1-4-6-7(3)5-2/h3,5,7,10-11,13H,4,6,8-9,12,14H2,1-2H3;4-6H,1-3H3/b20-18+;6-4-,7-5-. The molecule has 0 amide bonds. The van der Waals surface area contributed by atoms with E-state index in [0.29, 0.717) is 0 Å². The van der Waals surface area contributed by atoms with Gasteiger partial charge in [-0.15, -0.1) is 0 Å². The first-order chi connectivity index (χ1) is 14.5. The van der Waals surface area contributed by atoms with Crippen LogP contribution in [-0.4, -0.2) is 30.0 Å². The maximum absolute atomic E-state index is 4.81. The van der Waals surface area contributed by atoms with E-state index in [1.54, 1.807) is 5.57 Å². The lowest BCUT2D eigenvalue weighted by molar-refractivity contribution is 0.323. The van der Waals surface area contributed by atoms with Gasteiger partial charge in [0.1, 0.15) is 0 Å². The van der Waals surface area contributed by atoms with Gasteiger partial charge in [-0.2, -0.15) is 0 Å².